The number of hydrogen-bond donors (Lipinski definition) is 3. The maximum atomic E-state index is 12.1. The zero-order valence-corrected chi connectivity index (χ0v) is 13.4. The first-order chi connectivity index (χ1) is 11.0. The van der Waals surface area contributed by atoms with Gasteiger partial charge in [0.05, 0.1) is 27.8 Å². The fraction of sp³-hybridized carbons (Fsp3) is 0.125. The zero-order valence-electron chi connectivity index (χ0n) is 11.9. The van der Waals surface area contributed by atoms with Crippen LogP contribution in [0.25, 0.3) is 0 Å². The van der Waals surface area contributed by atoms with Gasteiger partial charge in [0.1, 0.15) is 6.04 Å². The predicted molar refractivity (Wildman–Crippen MR) is 92.2 cm³/mol. The Hall–Kier alpha value is -2.24. The number of rotatable bonds is 3. The maximum Gasteiger partial charge on any atom is 0.247 e. The van der Waals surface area contributed by atoms with E-state index in [9.17, 15) is 9.59 Å². The van der Waals surface area contributed by atoms with Gasteiger partial charge in [-0.25, -0.2) is 0 Å². The number of carbonyl (C=O) groups excluding carboxylic acids is 2. The molecule has 7 heteroatoms. The van der Waals surface area contributed by atoms with Crippen molar-refractivity contribution in [3.63, 3.8) is 0 Å². The summed E-state index contributed by atoms with van der Waals surface area (Å²) in [5, 5.41) is 9.30. The second-order valence-corrected chi connectivity index (χ2v) is 5.93. The molecule has 0 bridgehead atoms. The number of anilines is 3. The third-order valence-electron chi connectivity index (χ3n) is 3.42. The van der Waals surface area contributed by atoms with E-state index in [-0.39, 0.29) is 18.2 Å². The molecule has 1 heterocycles. The van der Waals surface area contributed by atoms with Gasteiger partial charge in [0.25, 0.3) is 0 Å². The van der Waals surface area contributed by atoms with E-state index >= 15 is 0 Å². The van der Waals surface area contributed by atoms with Crippen LogP contribution < -0.4 is 16.0 Å². The largest absolute Gasteiger partial charge is 0.372 e. The van der Waals surface area contributed by atoms with E-state index in [2.05, 4.69) is 16.0 Å². The summed E-state index contributed by atoms with van der Waals surface area (Å²) in [4.78, 5) is 24.2. The molecule has 0 saturated carbocycles. The minimum absolute atomic E-state index is 0.000410. The molecular weight excluding hydrogens is 337 g/mol. The zero-order chi connectivity index (χ0) is 16.4. The Balaban J connectivity index is 1.66. The Morgan fingerprint density at radius 3 is 2.57 bits per heavy atom. The van der Waals surface area contributed by atoms with Gasteiger partial charge < -0.3 is 16.0 Å². The van der Waals surface area contributed by atoms with Gasteiger partial charge in [0, 0.05) is 5.69 Å². The van der Waals surface area contributed by atoms with Gasteiger partial charge in [-0.3, -0.25) is 9.59 Å². The molecule has 5 nitrogen and oxygen atoms in total. The molecule has 0 saturated heterocycles. The summed E-state index contributed by atoms with van der Waals surface area (Å²) in [5.74, 6) is -0.539. The van der Waals surface area contributed by atoms with Gasteiger partial charge in [-0.05, 0) is 30.3 Å². The minimum Gasteiger partial charge on any atom is -0.372 e. The van der Waals surface area contributed by atoms with Gasteiger partial charge in [-0.15, -0.1) is 0 Å². The minimum atomic E-state index is -0.632. The number of nitrogens with one attached hydrogen (secondary N) is 3. The van der Waals surface area contributed by atoms with E-state index in [1.807, 2.05) is 18.2 Å². The molecule has 2 aromatic rings. The van der Waals surface area contributed by atoms with Crippen LogP contribution in [0.3, 0.4) is 0 Å². The molecule has 0 fully saturated rings. The molecule has 0 aromatic heterocycles. The number of carbonyl (C=O) groups is 2. The van der Waals surface area contributed by atoms with E-state index in [0.29, 0.717) is 21.4 Å². The highest BCUT2D eigenvalue weighted by Gasteiger charge is 2.27. The first kappa shape index (κ1) is 15.6. The Morgan fingerprint density at radius 2 is 1.83 bits per heavy atom. The lowest BCUT2D eigenvalue weighted by molar-refractivity contribution is -0.122. The number of fused-ring (bicyclic) bond motifs is 1. The van der Waals surface area contributed by atoms with Crippen molar-refractivity contribution < 1.29 is 9.59 Å². The lowest BCUT2D eigenvalue weighted by Crippen LogP contribution is -2.41. The molecule has 0 spiro atoms. The topological polar surface area (TPSA) is 70.2 Å². The summed E-state index contributed by atoms with van der Waals surface area (Å²) < 4.78 is 0. The van der Waals surface area contributed by atoms with Crippen molar-refractivity contribution in [2.24, 2.45) is 0 Å². The molecule has 3 N–H and O–H groups in total. The molecule has 1 atom stereocenters. The fourth-order valence-electron chi connectivity index (χ4n) is 2.31. The Morgan fingerprint density at radius 1 is 1.09 bits per heavy atom. The van der Waals surface area contributed by atoms with Crippen molar-refractivity contribution >= 4 is 52.1 Å². The van der Waals surface area contributed by atoms with Crippen LogP contribution in [0.1, 0.15) is 6.42 Å². The Kier molecular flexibility index (Phi) is 4.41. The molecule has 0 radical (unpaired) electrons. The van der Waals surface area contributed by atoms with Gasteiger partial charge in [0.15, 0.2) is 0 Å². The molecule has 1 unspecified atom stereocenters. The third-order valence-corrected chi connectivity index (χ3v) is 4.16. The highest BCUT2D eigenvalue weighted by molar-refractivity contribution is 6.42. The average molecular weight is 350 g/mol. The maximum absolute atomic E-state index is 12.1. The van der Waals surface area contributed by atoms with Crippen molar-refractivity contribution in [1.82, 2.24) is 0 Å². The molecule has 1 aliphatic heterocycles. The molecule has 0 aliphatic carbocycles. The van der Waals surface area contributed by atoms with E-state index in [0.717, 1.165) is 5.69 Å². The summed E-state index contributed by atoms with van der Waals surface area (Å²) in [6.45, 7) is 0. The SMILES string of the molecule is O=C(CC1Nc2ccccc2NC1=O)Nc1ccc(Cl)c(Cl)c1. The molecule has 2 aromatic carbocycles. The van der Waals surface area contributed by atoms with E-state index in [4.69, 9.17) is 23.2 Å². The molecule has 118 valence electrons. The van der Waals surface area contributed by atoms with Crippen LogP contribution in [0.4, 0.5) is 17.1 Å². The smallest absolute Gasteiger partial charge is 0.247 e. The fourth-order valence-corrected chi connectivity index (χ4v) is 2.60. The monoisotopic (exact) mass is 349 g/mol. The Labute approximate surface area is 143 Å². The lowest BCUT2D eigenvalue weighted by atomic mass is 10.1. The highest BCUT2D eigenvalue weighted by atomic mass is 35.5. The van der Waals surface area contributed by atoms with Crippen LogP contribution in [-0.2, 0) is 9.59 Å². The van der Waals surface area contributed by atoms with Crippen molar-refractivity contribution in [3.8, 4) is 0 Å². The average Bonchev–Trinajstić information content (AvgIpc) is 2.51. The summed E-state index contributed by atoms with van der Waals surface area (Å²) >= 11 is 11.7. The van der Waals surface area contributed by atoms with E-state index in [1.165, 1.54) is 0 Å². The van der Waals surface area contributed by atoms with E-state index in [1.54, 1.807) is 24.3 Å². The molecular formula is C16H13Cl2N3O2. The second kappa shape index (κ2) is 6.48. The predicted octanol–water partition coefficient (Wildman–Crippen LogP) is 3.75. The van der Waals surface area contributed by atoms with Crippen LogP contribution in [0.2, 0.25) is 10.0 Å². The number of para-hydroxylation sites is 2. The number of hydrogen-bond acceptors (Lipinski definition) is 3. The first-order valence-electron chi connectivity index (χ1n) is 6.94. The van der Waals surface area contributed by atoms with E-state index < -0.39 is 6.04 Å². The third kappa shape index (κ3) is 3.57. The second-order valence-electron chi connectivity index (χ2n) is 5.11. The van der Waals surface area contributed by atoms with Crippen molar-refractivity contribution in [1.29, 1.82) is 0 Å². The molecule has 2 amide bonds. The lowest BCUT2D eigenvalue weighted by Gasteiger charge is -2.26. The number of amides is 2. The highest BCUT2D eigenvalue weighted by Crippen LogP contribution is 2.27. The van der Waals surface area contributed by atoms with Crippen LogP contribution in [0.5, 0.6) is 0 Å². The van der Waals surface area contributed by atoms with Gasteiger partial charge in [0.2, 0.25) is 11.8 Å². The summed E-state index contributed by atoms with van der Waals surface area (Å²) in [6, 6.07) is 11.5. The van der Waals surface area contributed by atoms with Gasteiger partial charge >= 0.3 is 0 Å². The first-order valence-corrected chi connectivity index (χ1v) is 7.70. The number of benzene rings is 2. The van der Waals surface area contributed by atoms with Gasteiger partial charge in [-0.2, -0.15) is 0 Å². The summed E-state index contributed by atoms with van der Waals surface area (Å²) in [6.07, 6.45) is 0.000410. The summed E-state index contributed by atoms with van der Waals surface area (Å²) in [5.41, 5.74) is 2.03. The van der Waals surface area contributed by atoms with Crippen LogP contribution in [0, 0.1) is 0 Å². The molecule has 3 rings (SSSR count). The summed E-state index contributed by atoms with van der Waals surface area (Å²) in [7, 11) is 0. The quantitative estimate of drug-likeness (QED) is 0.790. The molecule has 23 heavy (non-hydrogen) atoms. The van der Waals surface area contributed by atoms with Crippen LogP contribution in [0.15, 0.2) is 42.5 Å². The van der Waals surface area contributed by atoms with Crippen molar-refractivity contribution in [3.05, 3.63) is 52.5 Å². The van der Waals surface area contributed by atoms with Crippen LogP contribution >= 0.6 is 23.2 Å². The molecule has 1 aliphatic rings. The van der Waals surface area contributed by atoms with Crippen molar-refractivity contribution in [2.45, 2.75) is 12.5 Å². The normalized spacial score (nSPS) is 16.1. The Bertz CT molecular complexity index is 780. The van der Waals surface area contributed by atoms with Gasteiger partial charge in [-0.1, -0.05) is 35.3 Å². The number of halogens is 2. The van der Waals surface area contributed by atoms with Crippen LogP contribution in [-0.4, -0.2) is 17.9 Å². The van der Waals surface area contributed by atoms with Crippen molar-refractivity contribution in [2.75, 3.05) is 16.0 Å². The standard InChI is InChI=1S/C16H13Cl2N3O2/c17-10-6-5-9(7-11(10)18)19-15(22)8-14-16(23)21-13-4-2-1-3-12(13)20-14/h1-7,14,20H,8H2,(H,19,22)(H,21,23).